The molecule has 0 saturated carbocycles. The van der Waals surface area contributed by atoms with Crippen molar-refractivity contribution in [3.63, 3.8) is 0 Å². The van der Waals surface area contributed by atoms with E-state index < -0.39 is 27.4 Å². The van der Waals surface area contributed by atoms with Crippen LogP contribution >= 0.6 is 34.8 Å². The van der Waals surface area contributed by atoms with Crippen LogP contribution < -0.4 is 4.90 Å². The third-order valence-electron chi connectivity index (χ3n) is 5.83. The van der Waals surface area contributed by atoms with Crippen molar-refractivity contribution in [2.45, 2.75) is 23.9 Å². The topological polar surface area (TPSA) is 53.5 Å². The van der Waals surface area contributed by atoms with Gasteiger partial charge in [0.2, 0.25) is 0 Å². The van der Waals surface area contributed by atoms with E-state index in [0.717, 1.165) is 12.3 Å². The van der Waals surface area contributed by atoms with E-state index in [1.165, 1.54) is 0 Å². The van der Waals surface area contributed by atoms with Gasteiger partial charge in [-0.2, -0.15) is 13.2 Å². The van der Waals surface area contributed by atoms with E-state index in [2.05, 4.69) is 4.98 Å². The number of amides is 1. The molecule has 0 unspecified atom stereocenters. The molecule has 1 atom stereocenters. The van der Waals surface area contributed by atoms with Crippen LogP contribution in [0.3, 0.4) is 0 Å². The van der Waals surface area contributed by atoms with Gasteiger partial charge in [-0.15, -0.1) is 0 Å². The fourth-order valence-corrected chi connectivity index (χ4v) is 6.83. The Hall–Kier alpha value is -1.55. The Bertz CT molecular complexity index is 1070. The van der Waals surface area contributed by atoms with Crippen molar-refractivity contribution in [2.75, 3.05) is 30.3 Å². The third-order valence-corrected chi connectivity index (χ3v) is 8.77. The van der Waals surface area contributed by atoms with E-state index >= 15 is 0 Å². The van der Waals surface area contributed by atoms with Crippen molar-refractivity contribution >= 4 is 57.3 Å². The molecule has 1 spiro atoms. The predicted molar refractivity (Wildman–Crippen MR) is 119 cm³/mol. The highest BCUT2D eigenvalue weighted by Gasteiger charge is 2.52. The lowest BCUT2D eigenvalue weighted by Gasteiger charge is -2.44. The van der Waals surface area contributed by atoms with Crippen LogP contribution in [-0.4, -0.2) is 50.3 Å². The van der Waals surface area contributed by atoms with Crippen LogP contribution in [-0.2, 0) is 17.0 Å². The summed E-state index contributed by atoms with van der Waals surface area (Å²) in [5.74, 6) is 0.170. The third kappa shape index (κ3) is 4.08. The lowest BCUT2D eigenvalue weighted by Crippen LogP contribution is -2.56. The molecule has 0 N–H and O–H groups in total. The molecule has 2 aliphatic rings. The largest absolute Gasteiger partial charge is 0.417 e. The zero-order valence-corrected chi connectivity index (χ0v) is 19.5. The maximum atomic E-state index is 13.3. The molecule has 3 heterocycles. The average Bonchev–Trinajstić information content (AvgIpc) is 3.03. The van der Waals surface area contributed by atoms with Gasteiger partial charge in [0, 0.05) is 55.2 Å². The van der Waals surface area contributed by atoms with Crippen LogP contribution in [0, 0.1) is 0 Å². The molecule has 32 heavy (non-hydrogen) atoms. The van der Waals surface area contributed by atoms with Crippen molar-refractivity contribution in [3.8, 4) is 0 Å². The molecular weight excluding hydrogens is 510 g/mol. The summed E-state index contributed by atoms with van der Waals surface area (Å²) in [6.07, 6.45) is -3.11. The maximum Gasteiger partial charge on any atom is 0.417 e. The first kappa shape index (κ1) is 23.6. The van der Waals surface area contributed by atoms with Gasteiger partial charge in [0.1, 0.15) is 10.7 Å². The fraction of sp³-hybridized carbons (Fsp3) is 0.400. The minimum Gasteiger partial charge on any atom is -0.355 e. The zero-order valence-electron chi connectivity index (χ0n) is 16.5. The van der Waals surface area contributed by atoms with Crippen LogP contribution in [0.1, 0.15) is 28.8 Å². The second-order valence-corrected chi connectivity index (χ2v) is 10.6. The Kier molecular flexibility index (Phi) is 6.39. The zero-order chi connectivity index (χ0) is 23.3. The summed E-state index contributed by atoms with van der Waals surface area (Å²) in [6.45, 7) is 0.944. The number of pyridine rings is 1. The van der Waals surface area contributed by atoms with E-state index in [1.54, 1.807) is 28.0 Å². The van der Waals surface area contributed by atoms with Crippen molar-refractivity contribution in [2.24, 2.45) is 0 Å². The molecule has 1 aromatic carbocycles. The van der Waals surface area contributed by atoms with Gasteiger partial charge >= 0.3 is 6.18 Å². The summed E-state index contributed by atoms with van der Waals surface area (Å²) in [5.41, 5.74) is -0.756. The number of hydrogen-bond acceptors (Lipinski definition) is 4. The van der Waals surface area contributed by atoms with Crippen molar-refractivity contribution in [3.05, 3.63) is 56.7 Å². The number of anilines is 1. The number of rotatable bonds is 2. The SMILES string of the molecule is O=C(c1c(Cl)cccc1Cl)N1CC[S@](=O)C12CCN(c1ncc(C(F)(F)F)cc1Cl)CC2. The number of alkyl halides is 3. The average molecular weight is 527 g/mol. The molecule has 0 radical (unpaired) electrons. The van der Waals surface area contributed by atoms with Crippen LogP contribution in [0.2, 0.25) is 15.1 Å². The number of aromatic nitrogens is 1. The number of halogens is 6. The van der Waals surface area contributed by atoms with E-state index in [9.17, 15) is 22.2 Å². The van der Waals surface area contributed by atoms with Gasteiger partial charge in [-0.1, -0.05) is 40.9 Å². The Morgan fingerprint density at radius 3 is 2.25 bits per heavy atom. The van der Waals surface area contributed by atoms with Gasteiger partial charge in [-0.3, -0.25) is 9.00 Å². The minimum absolute atomic E-state index is 0.112. The first-order chi connectivity index (χ1) is 15.0. The normalized spacial score (nSPS) is 20.8. The summed E-state index contributed by atoms with van der Waals surface area (Å²) in [7, 11) is -1.31. The highest BCUT2D eigenvalue weighted by atomic mass is 35.5. The second-order valence-electron chi connectivity index (χ2n) is 7.56. The Morgan fingerprint density at radius 2 is 1.69 bits per heavy atom. The molecule has 2 aliphatic heterocycles. The monoisotopic (exact) mass is 525 g/mol. The van der Waals surface area contributed by atoms with E-state index in [0.29, 0.717) is 38.2 Å². The molecule has 2 aromatic rings. The lowest BCUT2D eigenvalue weighted by molar-refractivity contribution is -0.137. The lowest BCUT2D eigenvalue weighted by atomic mass is 10.0. The van der Waals surface area contributed by atoms with Crippen LogP contribution in [0.15, 0.2) is 30.5 Å². The molecule has 1 aromatic heterocycles. The molecule has 5 nitrogen and oxygen atoms in total. The van der Waals surface area contributed by atoms with Gasteiger partial charge < -0.3 is 9.80 Å². The smallest absolute Gasteiger partial charge is 0.355 e. The van der Waals surface area contributed by atoms with Crippen molar-refractivity contribution in [1.82, 2.24) is 9.88 Å². The molecule has 172 valence electrons. The van der Waals surface area contributed by atoms with Gasteiger partial charge in [-0.25, -0.2) is 4.98 Å². The first-order valence-electron chi connectivity index (χ1n) is 9.67. The number of hydrogen-bond donors (Lipinski definition) is 0. The van der Waals surface area contributed by atoms with Gasteiger partial charge in [0.15, 0.2) is 0 Å². The molecule has 2 saturated heterocycles. The van der Waals surface area contributed by atoms with Gasteiger partial charge in [0.05, 0.1) is 26.2 Å². The second kappa shape index (κ2) is 8.66. The molecule has 4 rings (SSSR count). The number of carbonyl (C=O) groups excluding carboxylic acids is 1. The minimum atomic E-state index is -4.54. The number of nitrogens with zero attached hydrogens (tertiary/aromatic N) is 3. The number of carbonyl (C=O) groups is 1. The number of benzene rings is 1. The molecule has 1 amide bonds. The molecule has 0 aliphatic carbocycles. The fourth-order valence-electron chi connectivity index (χ4n) is 4.20. The summed E-state index contributed by atoms with van der Waals surface area (Å²) >= 11 is 18.5. The van der Waals surface area contributed by atoms with Crippen molar-refractivity contribution in [1.29, 1.82) is 0 Å². The molecule has 2 fully saturated rings. The van der Waals surface area contributed by atoms with Crippen molar-refractivity contribution < 1.29 is 22.2 Å². The Balaban J connectivity index is 1.57. The molecule has 12 heteroatoms. The first-order valence-corrected chi connectivity index (χ1v) is 12.1. The van der Waals surface area contributed by atoms with Crippen LogP contribution in [0.5, 0.6) is 0 Å². The van der Waals surface area contributed by atoms with E-state index in [-0.39, 0.29) is 32.4 Å². The van der Waals surface area contributed by atoms with E-state index in [4.69, 9.17) is 34.8 Å². The summed E-state index contributed by atoms with van der Waals surface area (Å²) in [6, 6.07) is 5.62. The Labute approximate surface area is 199 Å². The summed E-state index contributed by atoms with van der Waals surface area (Å²) in [4.78, 5) is 19.6. The maximum absolute atomic E-state index is 13.3. The quantitative estimate of drug-likeness (QED) is 0.536. The standard InChI is InChI=1S/C20H17Cl3F3N3O2S/c21-13-2-1-3-14(22)16(13)18(30)29-8-9-32(31)19(29)4-6-28(7-5-19)17-15(23)10-12(11-27-17)20(24,25)26/h1-3,10-11H,4-9H2/t32-/m0/s1. The molecule has 0 bridgehead atoms. The summed E-state index contributed by atoms with van der Waals surface area (Å²) < 4.78 is 51.7. The molecular formula is C20H17Cl3F3N3O2S. The predicted octanol–water partition coefficient (Wildman–Crippen LogP) is 5.26. The van der Waals surface area contributed by atoms with Gasteiger partial charge in [-0.05, 0) is 18.2 Å². The highest BCUT2D eigenvalue weighted by Crippen LogP contribution is 2.41. The highest BCUT2D eigenvalue weighted by molar-refractivity contribution is 7.86. The van der Waals surface area contributed by atoms with Crippen LogP contribution in [0.4, 0.5) is 19.0 Å². The van der Waals surface area contributed by atoms with Crippen LogP contribution in [0.25, 0.3) is 0 Å². The van der Waals surface area contributed by atoms with Gasteiger partial charge in [0.25, 0.3) is 5.91 Å². The Morgan fingerprint density at radius 1 is 1.06 bits per heavy atom. The number of piperidine rings is 1. The summed E-state index contributed by atoms with van der Waals surface area (Å²) in [5, 5.41) is 0.320. The van der Waals surface area contributed by atoms with E-state index in [1.807, 2.05) is 0 Å².